The first-order valence-electron chi connectivity index (χ1n) is 13.2. The molecule has 2 saturated heterocycles. The predicted octanol–water partition coefficient (Wildman–Crippen LogP) is -2.98. The number of phenolic OH excluding ortho intramolecular Hbond substituents is 2. The van der Waals surface area contributed by atoms with Crippen LogP contribution in [0.15, 0.2) is 28.7 Å². The van der Waals surface area contributed by atoms with E-state index < -0.39 is 100 Å². The van der Waals surface area contributed by atoms with Crippen molar-refractivity contribution < 1.29 is 62.1 Å². The Balaban J connectivity index is 1.35. The minimum absolute atomic E-state index is 0.00665. The molecule has 2 aromatic rings. The van der Waals surface area contributed by atoms with Crippen molar-refractivity contribution in [1.82, 2.24) is 34.7 Å². The molecule has 0 unspecified atom stereocenters. The number of thiazole rings is 1. The number of carbonyl (C=O) groups is 7. The van der Waals surface area contributed by atoms with Crippen molar-refractivity contribution in [3.8, 4) is 11.5 Å². The van der Waals surface area contributed by atoms with Crippen LogP contribution in [0, 0.1) is 0 Å². The lowest BCUT2D eigenvalue weighted by molar-refractivity contribution is -0.161. The number of urea groups is 1. The molecule has 2 aliphatic rings. The van der Waals surface area contributed by atoms with Crippen LogP contribution in [0.5, 0.6) is 11.5 Å². The number of carbonyl (C=O) groups excluding carboxylic acids is 6. The van der Waals surface area contributed by atoms with Gasteiger partial charge in [-0.2, -0.15) is 8.42 Å². The Labute approximate surface area is 272 Å². The van der Waals surface area contributed by atoms with E-state index in [1.165, 1.54) is 10.1 Å². The van der Waals surface area contributed by atoms with Crippen LogP contribution < -0.4 is 21.2 Å². The molecule has 0 radical (unpaired) electrons. The van der Waals surface area contributed by atoms with E-state index in [9.17, 15) is 57.3 Å². The number of carboxylic acids is 1. The van der Waals surface area contributed by atoms with Crippen LogP contribution in [0.4, 0.5) is 9.93 Å². The molecule has 1 aromatic heterocycles. The number of phenols is 2. The van der Waals surface area contributed by atoms with Crippen LogP contribution in [0.1, 0.15) is 29.9 Å². The molecule has 22 nitrogen and oxygen atoms in total. The SMILES string of the molecule is CC(C)(ON=C(C(=O)N[C@@H]1CN(C(=O)NS(=O)(=O)N2CCN(NC(=O)c3ccc(O)c(O)c3)C(=O)C2=O)C1=O)c1csc(N)n1)C(=O)O. The zero-order chi connectivity index (χ0) is 35.7. The number of oxime groups is 1. The summed E-state index contributed by atoms with van der Waals surface area (Å²) in [7, 11) is -5.06. The number of anilines is 1. The Morgan fingerprint density at radius 2 is 1.79 bits per heavy atom. The van der Waals surface area contributed by atoms with Crippen LogP contribution in [-0.4, -0.2) is 121 Å². The summed E-state index contributed by atoms with van der Waals surface area (Å²) in [5, 5.41) is 35.8. The van der Waals surface area contributed by atoms with E-state index in [2.05, 4.69) is 20.9 Å². The first kappa shape index (κ1) is 34.8. The molecule has 1 aromatic carbocycles. The average Bonchev–Trinajstić information content (AvgIpc) is 3.43. The molecule has 4 rings (SSSR count). The molecular formula is C24H25N9O13S2. The summed E-state index contributed by atoms with van der Waals surface area (Å²) in [6, 6.07) is 0.0593. The van der Waals surface area contributed by atoms with Gasteiger partial charge in [0.25, 0.3) is 17.7 Å². The number of aromatic hydroxyl groups is 2. The number of hydrogen-bond donors (Lipinski definition) is 7. The highest BCUT2D eigenvalue weighted by Crippen LogP contribution is 2.25. The number of imide groups is 1. The van der Waals surface area contributed by atoms with Crippen molar-refractivity contribution in [1.29, 1.82) is 0 Å². The predicted molar refractivity (Wildman–Crippen MR) is 158 cm³/mol. The third kappa shape index (κ3) is 7.17. The number of hydrazine groups is 1. The average molecular weight is 712 g/mol. The summed E-state index contributed by atoms with van der Waals surface area (Å²) in [5.74, 6) is -8.91. The largest absolute Gasteiger partial charge is 0.504 e. The second-order valence-electron chi connectivity index (χ2n) is 10.3. The van der Waals surface area contributed by atoms with Crippen molar-refractivity contribution in [3.05, 3.63) is 34.8 Å². The molecule has 0 spiro atoms. The standard InChI is InChI=1S/C24H25N9O13S2/c1-24(2,21(41)42)46-29-15(12-9-47-22(25)27-12)17(37)26-11-8-31(18(11)38)23(43)30-48(44,45)33-6-5-32(19(39)20(33)40)28-16(36)10-3-4-13(34)14(35)7-10/h3-4,7,9,11,34-35H,5-6,8H2,1-2H3,(H2,25,27)(H,26,37)(H,28,36)(H,30,43)(H,41,42)/t11-/m1/s1. The Morgan fingerprint density at radius 1 is 1.10 bits per heavy atom. The quantitative estimate of drug-likeness (QED) is 0.0425. The lowest BCUT2D eigenvalue weighted by Crippen LogP contribution is -2.69. The van der Waals surface area contributed by atoms with E-state index in [0.717, 1.165) is 43.4 Å². The van der Waals surface area contributed by atoms with Gasteiger partial charge >= 0.3 is 34.0 Å². The number of benzene rings is 1. The first-order chi connectivity index (χ1) is 22.3. The monoisotopic (exact) mass is 711 g/mol. The molecule has 8 N–H and O–H groups in total. The molecule has 3 heterocycles. The molecule has 2 aliphatic heterocycles. The Hall–Kier alpha value is -6.04. The number of hydrogen-bond acceptors (Lipinski definition) is 16. The van der Waals surface area contributed by atoms with E-state index >= 15 is 0 Å². The molecule has 1 atom stereocenters. The Kier molecular flexibility index (Phi) is 9.42. The van der Waals surface area contributed by atoms with Crippen molar-refractivity contribution in [2.45, 2.75) is 25.5 Å². The van der Waals surface area contributed by atoms with Gasteiger partial charge < -0.3 is 31.2 Å². The van der Waals surface area contributed by atoms with Gasteiger partial charge in [-0.3, -0.25) is 34.3 Å². The lowest BCUT2D eigenvalue weighted by Gasteiger charge is -2.37. The summed E-state index contributed by atoms with van der Waals surface area (Å²) in [6.07, 6.45) is 0. The highest BCUT2D eigenvalue weighted by Gasteiger charge is 2.46. The molecular weight excluding hydrogens is 686 g/mol. The zero-order valence-corrected chi connectivity index (χ0v) is 26.2. The van der Waals surface area contributed by atoms with Crippen molar-refractivity contribution >= 4 is 73.9 Å². The highest BCUT2D eigenvalue weighted by atomic mass is 32.2. The molecule has 48 heavy (non-hydrogen) atoms. The Morgan fingerprint density at radius 3 is 2.38 bits per heavy atom. The summed E-state index contributed by atoms with van der Waals surface area (Å²) < 4.78 is 27.1. The van der Waals surface area contributed by atoms with E-state index in [-0.39, 0.29) is 20.7 Å². The molecule has 256 valence electrons. The summed E-state index contributed by atoms with van der Waals surface area (Å²) in [6.45, 7) is 0.452. The van der Waals surface area contributed by atoms with Crippen LogP contribution in [-0.2, 0) is 39.0 Å². The second-order valence-corrected chi connectivity index (χ2v) is 12.8. The third-order valence-electron chi connectivity index (χ3n) is 6.50. The normalized spacial score (nSPS) is 17.0. The maximum Gasteiger partial charge on any atom is 0.350 e. The van der Waals surface area contributed by atoms with Crippen molar-refractivity contribution in [2.24, 2.45) is 5.16 Å². The van der Waals surface area contributed by atoms with Gasteiger partial charge in [-0.15, -0.1) is 11.3 Å². The fourth-order valence-corrected chi connectivity index (χ4v) is 5.37. The van der Waals surface area contributed by atoms with Gasteiger partial charge in [0, 0.05) is 10.9 Å². The van der Waals surface area contributed by atoms with Gasteiger partial charge in [-0.1, -0.05) is 5.16 Å². The number of β-lactam (4-membered cyclic amide) rings is 1. The van der Waals surface area contributed by atoms with Crippen LogP contribution >= 0.6 is 11.3 Å². The topological polar surface area (TPSA) is 321 Å². The number of aliphatic carboxylic acids is 1. The van der Waals surface area contributed by atoms with E-state index in [1.54, 1.807) is 0 Å². The van der Waals surface area contributed by atoms with Crippen LogP contribution in [0.3, 0.4) is 0 Å². The van der Waals surface area contributed by atoms with Gasteiger partial charge in [-0.25, -0.2) is 28.6 Å². The molecule has 0 bridgehead atoms. The van der Waals surface area contributed by atoms with E-state index in [0.29, 0.717) is 9.91 Å². The lowest BCUT2D eigenvalue weighted by atomic mass is 10.1. The van der Waals surface area contributed by atoms with Crippen molar-refractivity contribution in [2.75, 3.05) is 25.4 Å². The molecule has 0 aliphatic carbocycles. The van der Waals surface area contributed by atoms with Gasteiger partial charge in [0.2, 0.25) is 5.60 Å². The number of piperazine rings is 1. The minimum Gasteiger partial charge on any atom is -0.504 e. The number of amides is 7. The van der Waals surface area contributed by atoms with Gasteiger partial charge in [0.1, 0.15) is 11.7 Å². The zero-order valence-electron chi connectivity index (χ0n) is 24.6. The smallest absolute Gasteiger partial charge is 0.350 e. The molecule has 7 amide bonds. The molecule has 24 heteroatoms. The second kappa shape index (κ2) is 13.0. The number of aromatic nitrogens is 1. The summed E-state index contributed by atoms with van der Waals surface area (Å²) in [5.41, 5.74) is 4.88. The maximum atomic E-state index is 12.9. The number of likely N-dealkylation sites (tertiary alicyclic amines) is 1. The first-order valence-corrected chi connectivity index (χ1v) is 15.5. The minimum atomic E-state index is -5.06. The number of carboxylic acid groups (broad SMARTS) is 1. The summed E-state index contributed by atoms with van der Waals surface area (Å²) in [4.78, 5) is 96.3. The Bertz CT molecular complexity index is 1880. The number of nitrogens with one attached hydrogen (secondary N) is 3. The fraction of sp³-hybridized carbons (Fsp3) is 0.292. The number of nitrogens with two attached hydrogens (primary N) is 1. The van der Waals surface area contributed by atoms with E-state index in [1.807, 2.05) is 0 Å². The number of rotatable bonds is 10. The summed E-state index contributed by atoms with van der Waals surface area (Å²) >= 11 is 0.916. The highest BCUT2D eigenvalue weighted by molar-refractivity contribution is 7.88. The van der Waals surface area contributed by atoms with Crippen LogP contribution in [0.2, 0.25) is 0 Å². The van der Waals surface area contributed by atoms with Gasteiger partial charge in [-0.05, 0) is 32.0 Å². The van der Waals surface area contributed by atoms with Gasteiger partial charge in [0.15, 0.2) is 22.3 Å². The van der Waals surface area contributed by atoms with Gasteiger partial charge in [0.05, 0.1) is 19.6 Å². The van der Waals surface area contributed by atoms with Crippen LogP contribution in [0.25, 0.3) is 0 Å². The maximum absolute atomic E-state index is 12.9. The van der Waals surface area contributed by atoms with Crippen molar-refractivity contribution in [3.63, 3.8) is 0 Å². The number of nitrogen functional groups attached to an aromatic ring is 1. The molecule has 2 fully saturated rings. The van der Waals surface area contributed by atoms with E-state index in [4.69, 9.17) is 10.6 Å². The molecule has 0 saturated carbocycles. The fourth-order valence-electron chi connectivity index (χ4n) is 3.77. The third-order valence-corrected chi connectivity index (χ3v) is 8.54. The number of nitrogens with zero attached hydrogens (tertiary/aromatic N) is 5.